The van der Waals surface area contributed by atoms with Crippen molar-refractivity contribution < 1.29 is 14.1 Å². The maximum Gasteiger partial charge on any atom is 0.290 e. The van der Waals surface area contributed by atoms with Gasteiger partial charge in [-0.1, -0.05) is 35.5 Å². The van der Waals surface area contributed by atoms with Crippen molar-refractivity contribution in [3.63, 3.8) is 0 Å². The van der Waals surface area contributed by atoms with Gasteiger partial charge in [-0.15, -0.1) is 0 Å². The van der Waals surface area contributed by atoms with Crippen LogP contribution in [0, 0.1) is 0 Å². The molecule has 1 atom stereocenters. The molecule has 6 nitrogen and oxygen atoms in total. The van der Waals surface area contributed by atoms with Gasteiger partial charge in [-0.3, -0.25) is 4.79 Å². The Hall–Kier alpha value is -2.18. The lowest BCUT2D eigenvalue weighted by atomic mass is 9.93. The normalized spacial score (nSPS) is 21.2. The zero-order valence-electron chi connectivity index (χ0n) is 17.0. The van der Waals surface area contributed by atoms with Crippen LogP contribution >= 0.6 is 0 Å². The Bertz CT molecular complexity index is 763. The van der Waals surface area contributed by atoms with Crippen LogP contribution in [0.4, 0.5) is 0 Å². The van der Waals surface area contributed by atoms with Gasteiger partial charge in [-0.05, 0) is 63.7 Å². The van der Waals surface area contributed by atoms with Gasteiger partial charge in [0.25, 0.3) is 5.91 Å². The number of carbonyl (C=O) groups excluding carboxylic acids is 1. The highest BCUT2D eigenvalue weighted by Gasteiger charge is 2.25. The van der Waals surface area contributed by atoms with Crippen LogP contribution in [0.15, 0.2) is 40.9 Å². The van der Waals surface area contributed by atoms with Crippen LogP contribution in [-0.2, 0) is 11.2 Å². The fourth-order valence-electron chi connectivity index (χ4n) is 4.30. The van der Waals surface area contributed by atoms with Gasteiger partial charge in [0.2, 0.25) is 5.76 Å². The van der Waals surface area contributed by atoms with Gasteiger partial charge in [0.15, 0.2) is 0 Å². The van der Waals surface area contributed by atoms with E-state index in [1.807, 2.05) is 6.07 Å². The molecule has 0 unspecified atom stereocenters. The van der Waals surface area contributed by atoms with Crippen LogP contribution in [0.3, 0.4) is 0 Å². The molecule has 0 aliphatic carbocycles. The number of hydrogen-bond donors (Lipinski definition) is 1. The summed E-state index contributed by atoms with van der Waals surface area (Å²) in [7, 11) is 0. The summed E-state index contributed by atoms with van der Waals surface area (Å²) < 4.78 is 10.8. The van der Waals surface area contributed by atoms with Crippen LogP contribution in [0.1, 0.15) is 59.8 Å². The highest BCUT2D eigenvalue weighted by atomic mass is 16.5. The molecule has 4 rings (SSSR count). The number of piperidine rings is 1. The van der Waals surface area contributed by atoms with Crippen LogP contribution < -0.4 is 5.32 Å². The van der Waals surface area contributed by atoms with Crippen LogP contribution in [-0.4, -0.2) is 54.9 Å². The van der Waals surface area contributed by atoms with Crippen molar-refractivity contribution in [1.29, 1.82) is 0 Å². The van der Waals surface area contributed by atoms with Crippen LogP contribution in [0.5, 0.6) is 0 Å². The van der Waals surface area contributed by atoms with Gasteiger partial charge in [-0.25, -0.2) is 0 Å². The number of nitrogens with zero attached hydrogens (tertiary/aromatic N) is 2. The van der Waals surface area contributed by atoms with Gasteiger partial charge < -0.3 is 19.5 Å². The second-order valence-corrected chi connectivity index (χ2v) is 8.21. The van der Waals surface area contributed by atoms with E-state index in [1.165, 1.54) is 12.0 Å². The van der Waals surface area contributed by atoms with E-state index < -0.39 is 0 Å². The predicted molar refractivity (Wildman–Crippen MR) is 111 cm³/mol. The summed E-state index contributed by atoms with van der Waals surface area (Å²) in [5.74, 6) is 0.511. The Morgan fingerprint density at radius 2 is 2.00 bits per heavy atom. The first-order valence-electron chi connectivity index (χ1n) is 10.9. The van der Waals surface area contributed by atoms with E-state index in [2.05, 4.69) is 45.7 Å². The minimum atomic E-state index is -0.183. The Morgan fingerprint density at radius 3 is 2.76 bits per heavy atom. The van der Waals surface area contributed by atoms with Gasteiger partial charge in [0.1, 0.15) is 0 Å². The lowest BCUT2D eigenvalue weighted by Gasteiger charge is -2.30. The number of amides is 1. The number of nitrogens with one attached hydrogen (secondary N) is 1. The van der Waals surface area contributed by atoms with Crippen molar-refractivity contribution in [2.75, 3.05) is 32.8 Å². The molecule has 1 N–H and O–H groups in total. The van der Waals surface area contributed by atoms with Crippen molar-refractivity contribution in [3.05, 3.63) is 53.4 Å². The second kappa shape index (κ2) is 10.0. The first kappa shape index (κ1) is 20.1. The molecule has 3 heterocycles. The predicted octanol–water partition coefficient (Wildman–Crippen LogP) is 3.40. The van der Waals surface area contributed by atoms with E-state index in [4.69, 9.17) is 9.26 Å². The molecule has 2 fully saturated rings. The number of hydrogen-bond acceptors (Lipinski definition) is 5. The highest BCUT2D eigenvalue weighted by Crippen LogP contribution is 2.28. The summed E-state index contributed by atoms with van der Waals surface area (Å²) in [4.78, 5) is 14.9. The standard InChI is InChI=1S/C23H31N3O3/c27-23(24-20-9-5-15-28-17-20)22-16-21(25-29-22)19-10-13-26(14-11-19)12-4-8-18-6-2-1-3-7-18/h1-3,6-7,16,19-20H,4-5,8-15,17H2,(H,24,27)/t20-/m1/s1. The quantitative estimate of drug-likeness (QED) is 0.776. The number of rotatable bonds is 7. The summed E-state index contributed by atoms with van der Waals surface area (Å²) in [6, 6.07) is 12.6. The third kappa shape index (κ3) is 5.67. The molecule has 1 aromatic carbocycles. The molecule has 2 aliphatic heterocycles. The minimum Gasteiger partial charge on any atom is -0.379 e. The second-order valence-electron chi connectivity index (χ2n) is 8.21. The third-order valence-electron chi connectivity index (χ3n) is 6.04. The summed E-state index contributed by atoms with van der Waals surface area (Å²) in [6.07, 6.45) is 6.39. The van der Waals surface area contributed by atoms with Crippen LogP contribution in [0.2, 0.25) is 0 Å². The fraction of sp³-hybridized carbons (Fsp3) is 0.565. The van der Waals surface area contributed by atoms with Crippen molar-refractivity contribution in [2.45, 2.75) is 50.5 Å². The average Bonchev–Trinajstić information content (AvgIpc) is 3.26. The van der Waals surface area contributed by atoms with E-state index >= 15 is 0 Å². The lowest BCUT2D eigenvalue weighted by molar-refractivity contribution is 0.0608. The smallest absolute Gasteiger partial charge is 0.290 e. The number of ether oxygens (including phenoxy) is 1. The SMILES string of the molecule is O=C(N[C@@H]1CCCOC1)c1cc(C2CCN(CCCc3ccccc3)CC2)no1. The molecule has 2 aromatic rings. The topological polar surface area (TPSA) is 67.6 Å². The van der Waals surface area contributed by atoms with Crippen LogP contribution in [0.25, 0.3) is 0 Å². The lowest BCUT2D eigenvalue weighted by Crippen LogP contribution is -2.40. The fourth-order valence-corrected chi connectivity index (χ4v) is 4.30. The highest BCUT2D eigenvalue weighted by molar-refractivity contribution is 5.91. The van der Waals surface area contributed by atoms with Gasteiger partial charge in [0, 0.05) is 18.6 Å². The number of aryl methyl sites for hydroxylation is 1. The van der Waals surface area contributed by atoms with E-state index in [-0.39, 0.29) is 11.9 Å². The summed E-state index contributed by atoms with van der Waals surface area (Å²) in [5.41, 5.74) is 2.33. The number of aromatic nitrogens is 1. The Balaban J connectivity index is 1.20. The molecule has 1 aromatic heterocycles. The van der Waals surface area contributed by atoms with E-state index in [9.17, 15) is 4.79 Å². The van der Waals surface area contributed by atoms with Crippen molar-refractivity contribution in [1.82, 2.24) is 15.4 Å². The molecular formula is C23H31N3O3. The molecule has 156 valence electrons. The molecule has 2 saturated heterocycles. The molecule has 2 aliphatic rings. The molecular weight excluding hydrogens is 366 g/mol. The monoisotopic (exact) mass is 397 g/mol. The van der Waals surface area contributed by atoms with Gasteiger partial charge >= 0.3 is 0 Å². The molecule has 0 bridgehead atoms. The maximum absolute atomic E-state index is 12.4. The Morgan fingerprint density at radius 1 is 1.17 bits per heavy atom. The first-order valence-corrected chi connectivity index (χ1v) is 10.9. The molecule has 1 amide bonds. The van der Waals surface area contributed by atoms with Crippen molar-refractivity contribution >= 4 is 5.91 Å². The molecule has 0 spiro atoms. The number of carbonyl (C=O) groups is 1. The largest absolute Gasteiger partial charge is 0.379 e. The summed E-state index contributed by atoms with van der Waals surface area (Å²) in [6.45, 7) is 4.65. The zero-order chi connectivity index (χ0) is 19.9. The van der Waals surface area contributed by atoms with Gasteiger partial charge in [0.05, 0.1) is 18.3 Å². The minimum absolute atomic E-state index is 0.0731. The molecule has 0 saturated carbocycles. The summed E-state index contributed by atoms with van der Waals surface area (Å²) >= 11 is 0. The summed E-state index contributed by atoms with van der Waals surface area (Å²) in [5, 5.41) is 7.18. The van der Waals surface area contributed by atoms with E-state index in [0.29, 0.717) is 18.3 Å². The Kier molecular flexibility index (Phi) is 6.96. The molecule has 29 heavy (non-hydrogen) atoms. The number of likely N-dealkylation sites (tertiary alicyclic amines) is 1. The van der Waals surface area contributed by atoms with E-state index in [1.54, 1.807) is 0 Å². The third-order valence-corrected chi connectivity index (χ3v) is 6.04. The van der Waals surface area contributed by atoms with Gasteiger partial charge in [-0.2, -0.15) is 0 Å². The zero-order valence-corrected chi connectivity index (χ0v) is 17.0. The number of benzene rings is 1. The first-order chi connectivity index (χ1) is 14.3. The molecule has 0 radical (unpaired) electrons. The van der Waals surface area contributed by atoms with E-state index in [0.717, 1.165) is 64.0 Å². The maximum atomic E-state index is 12.4. The Labute approximate surface area is 172 Å². The molecule has 6 heteroatoms. The van der Waals surface area contributed by atoms with Crippen molar-refractivity contribution in [2.24, 2.45) is 0 Å². The average molecular weight is 398 g/mol. The van der Waals surface area contributed by atoms with Crippen molar-refractivity contribution in [3.8, 4) is 0 Å².